The number of nitrogens with one attached hydrogen (secondary N) is 1. The van der Waals surface area contributed by atoms with Gasteiger partial charge in [-0.05, 0) is 69.1 Å². The van der Waals surface area contributed by atoms with Crippen LogP contribution < -0.4 is 14.8 Å². The van der Waals surface area contributed by atoms with Crippen LogP contribution in [0.1, 0.15) is 73.3 Å². The summed E-state index contributed by atoms with van der Waals surface area (Å²) in [7, 11) is 1.27. The molecule has 0 bridgehead atoms. The minimum Gasteiger partial charge on any atom is -0.468 e. The van der Waals surface area contributed by atoms with Crippen LogP contribution in [0.4, 0.5) is 9.59 Å². The molecule has 0 saturated carbocycles. The van der Waals surface area contributed by atoms with Crippen LogP contribution in [0.5, 0.6) is 11.5 Å². The third kappa shape index (κ3) is 14.2. The molecule has 41 heavy (non-hydrogen) atoms. The van der Waals surface area contributed by atoms with Crippen LogP contribution in [0.3, 0.4) is 0 Å². The van der Waals surface area contributed by atoms with Crippen LogP contribution in [0, 0.1) is 17.3 Å². The van der Waals surface area contributed by atoms with Crippen molar-refractivity contribution < 1.29 is 47.6 Å². The van der Waals surface area contributed by atoms with E-state index in [9.17, 15) is 19.2 Å². The van der Waals surface area contributed by atoms with Gasteiger partial charge in [0, 0.05) is 6.54 Å². The Labute approximate surface area is 243 Å². The maximum absolute atomic E-state index is 12.5. The number of carbonyl (C=O) groups excluding carboxylic acids is 4. The van der Waals surface area contributed by atoms with Crippen molar-refractivity contribution in [3.05, 3.63) is 23.8 Å². The number of hydrogen-bond acceptors (Lipinski definition) is 11. The Bertz CT molecular complexity index is 989. The summed E-state index contributed by atoms with van der Waals surface area (Å²) in [6, 6.07) is 3.74. The van der Waals surface area contributed by atoms with Crippen molar-refractivity contribution in [2.24, 2.45) is 17.3 Å². The Morgan fingerprint density at radius 3 is 1.90 bits per heavy atom. The summed E-state index contributed by atoms with van der Waals surface area (Å²) in [5.74, 6) is -0.302. The molecule has 1 atom stereocenters. The third-order valence-electron chi connectivity index (χ3n) is 6.31. The summed E-state index contributed by atoms with van der Waals surface area (Å²) >= 11 is 0. The van der Waals surface area contributed by atoms with Crippen molar-refractivity contribution in [2.75, 3.05) is 33.5 Å². The first-order valence-electron chi connectivity index (χ1n) is 14.1. The molecule has 0 unspecified atom stereocenters. The summed E-state index contributed by atoms with van der Waals surface area (Å²) < 4.78 is 31.1. The quantitative estimate of drug-likeness (QED) is 0.109. The topological polar surface area (TPSA) is 136 Å². The maximum Gasteiger partial charge on any atom is 0.513 e. The fraction of sp³-hybridized carbons (Fsp3) is 0.667. The number of esters is 2. The lowest BCUT2D eigenvalue weighted by molar-refractivity contribution is -0.154. The van der Waals surface area contributed by atoms with E-state index >= 15 is 0 Å². The fourth-order valence-electron chi connectivity index (χ4n) is 3.17. The van der Waals surface area contributed by atoms with Crippen molar-refractivity contribution in [1.29, 1.82) is 0 Å². The van der Waals surface area contributed by atoms with Gasteiger partial charge in [0.25, 0.3) is 0 Å². The molecule has 0 aliphatic carbocycles. The summed E-state index contributed by atoms with van der Waals surface area (Å²) in [6.45, 7) is 14.1. The molecule has 232 valence electrons. The molecule has 11 nitrogen and oxygen atoms in total. The molecule has 1 aromatic carbocycles. The van der Waals surface area contributed by atoms with Crippen LogP contribution >= 0.6 is 0 Å². The van der Waals surface area contributed by atoms with Gasteiger partial charge in [-0.2, -0.15) is 0 Å². The largest absolute Gasteiger partial charge is 0.513 e. The highest BCUT2D eigenvalue weighted by Gasteiger charge is 2.27. The normalized spacial score (nSPS) is 12.0. The number of carbonyl (C=O) groups is 4. The summed E-state index contributed by atoms with van der Waals surface area (Å²) in [5, 5.41) is 3.03. The highest BCUT2D eigenvalue weighted by Crippen LogP contribution is 2.30. The van der Waals surface area contributed by atoms with Crippen LogP contribution in [-0.4, -0.2) is 63.8 Å². The lowest BCUT2D eigenvalue weighted by Crippen LogP contribution is -2.41. The van der Waals surface area contributed by atoms with Gasteiger partial charge >= 0.3 is 24.2 Å². The van der Waals surface area contributed by atoms with Gasteiger partial charge in [-0.15, -0.1) is 0 Å². The number of ether oxygens (including phenoxy) is 6. The van der Waals surface area contributed by atoms with Crippen LogP contribution in [-0.2, 0) is 35.0 Å². The Morgan fingerprint density at radius 2 is 1.39 bits per heavy atom. The number of methoxy groups -OCH3 is 1. The Balaban J connectivity index is 3.00. The minimum absolute atomic E-state index is 0.0443. The molecule has 0 spiro atoms. The molecular formula is C30H47NO10. The smallest absolute Gasteiger partial charge is 0.468 e. The first-order valence-corrected chi connectivity index (χ1v) is 14.1. The lowest BCUT2D eigenvalue weighted by atomic mass is 9.91. The van der Waals surface area contributed by atoms with Crippen molar-refractivity contribution in [3.63, 3.8) is 0 Å². The maximum atomic E-state index is 12.5. The van der Waals surface area contributed by atoms with Crippen molar-refractivity contribution in [3.8, 4) is 11.5 Å². The van der Waals surface area contributed by atoms with E-state index in [0.29, 0.717) is 36.7 Å². The monoisotopic (exact) mass is 581 g/mol. The molecule has 0 aliphatic rings. The standard InChI is InChI=1S/C30H47NO10/c1-9-30(6,7)27(33)37-17-14-31-23(26(32)36-8)18-22-10-11-24(40-28(34)38-15-12-20(2)3)25(19-22)41-29(35)39-16-13-21(4)5/h10-11,19-21,23,31H,9,12-18H2,1-8H3/t23-/m0/s1. The van der Waals surface area contributed by atoms with Crippen molar-refractivity contribution in [1.82, 2.24) is 5.32 Å². The first-order chi connectivity index (χ1) is 19.3. The molecule has 0 aromatic heterocycles. The van der Waals surface area contributed by atoms with E-state index in [1.807, 2.05) is 34.6 Å². The molecule has 0 amide bonds. The molecule has 1 N–H and O–H groups in total. The molecule has 11 heteroatoms. The predicted molar refractivity (Wildman–Crippen MR) is 152 cm³/mol. The van der Waals surface area contributed by atoms with Crippen LogP contribution in [0.25, 0.3) is 0 Å². The zero-order valence-corrected chi connectivity index (χ0v) is 25.7. The molecule has 0 fully saturated rings. The van der Waals surface area contributed by atoms with Gasteiger partial charge in [0.05, 0.1) is 25.7 Å². The van der Waals surface area contributed by atoms with Crippen molar-refractivity contribution >= 4 is 24.2 Å². The van der Waals surface area contributed by atoms with Gasteiger partial charge in [0.15, 0.2) is 11.5 Å². The molecule has 1 aromatic rings. The van der Waals surface area contributed by atoms with Gasteiger partial charge in [-0.25, -0.2) is 9.59 Å². The van der Waals surface area contributed by atoms with E-state index in [4.69, 9.17) is 28.4 Å². The number of benzene rings is 1. The van der Waals surface area contributed by atoms with Gasteiger partial charge in [-0.3, -0.25) is 9.59 Å². The van der Waals surface area contributed by atoms with E-state index in [1.165, 1.54) is 19.2 Å². The second-order valence-electron chi connectivity index (χ2n) is 11.2. The third-order valence-corrected chi connectivity index (χ3v) is 6.31. The average Bonchev–Trinajstić information content (AvgIpc) is 2.90. The van der Waals surface area contributed by atoms with Gasteiger partial charge in [0.2, 0.25) is 0 Å². The summed E-state index contributed by atoms with van der Waals surface area (Å²) in [4.78, 5) is 49.2. The van der Waals surface area contributed by atoms with Crippen LogP contribution in [0.2, 0.25) is 0 Å². The fourth-order valence-corrected chi connectivity index (χ4v) is 3.17. The predicted octanol–water partition coefficient (Wildman–Crippen LogP) is 5.46. The van der Waals surface area contributed by atoms with E-state index in [1.54, 1.807) is 19.9 Å². The average molecular weight is 582 g/mol. The molecule has 0 aliphatic heterocycles. The summed E-state index contributed by atoms with van der Waals surface area (Å²) in [6.07, 6.45) is 0.190. The Hall–Kier alpha value is -3.34. The van der Waals surface area contributed by atoms with Crippen molar-refractivity contribution in [2.45, 2.75) is 80.2 Å². The number of rotatable bonds is 17. The number of hydrogen-bond donors (Lipinski definition) is 1. The minimum atomic E-state index is -0.958. The Kier molecular flexibility index (Phi) is 15.8. The molecule has 1 rings (SSSR count). The second-order valence-corrected chi connectivity index (χ2v) is 11.2. The van der Waals surface area contributed by atoms with E-state index in [2.05, 4.69) is 5.32 Å². The molecule has 0 radical (unpaired) electrons. The zero-order valence-electron chi connectivity index (χ0n) is 25.7. The SMILES string of the molecule is CCC(C)(C)C(=O)OCCN[C@@H](Cc1ccc(OC(=O)OCCC(C)C)c(OC(=O)OCCC(C)C)c1)C(=O)OC. The van der Waals surface area contributed by atoms with E-state index in [0.717, 1.165) is 0 Å². The van der Waals surface area contributed by atoms with Crippen LogP contribution in [0.15, 0.2) is 18.2 Å². The molecule has 0 heterocycles. The lowest BCUT2D eigenvalue weighted by Gasteiger charge is -2.21. The first kappa shape index (κ1) is 35.7. The van der Waals surface area contributed by atoms with Gasteiger partial charge < -0.3 is 33.7 Å². The molecular weight excluding hydrogens is 534 g/mol. The zero-order chi connectivity index (χ0) is 31.0. The summed E-state index contributed by atoms with van der Waals surface area (Å²) in [5.41, 5.74) is -0.0267. The van der Waals surface area contributed by atoms with E-state index in [-0.39, 0.29) is 50.3 Å². The Morgan fingerprint density at radius 1 is 0.829 bits per heavy atom. The highest BCUT2D eigenvalue weighted by molar-refractivity contribution is 5.77. The highest BCUT2D eigenvalue weighted by atomic mass is 16.7. The molecule has 0 saturated heterocycles. The van der Waals surface area contributed by atoms with Gasteiger partial charge in [-0.1, -0.05) is 40.7 Å². The van der Waals surface area contributed by atoms with E-state index < -0.39 is 29.7 Å². The second kappa shape index (κ2) is 18.2. The van der Waals surface area contributed by atoms with Gasteiger partial charge in [0.1, 0.15) is 12.6 Å².